The lowest BCUT2D eigenvalue weighted by Gasteiger charge is -2.07. The first-order valence-electron chi connectivity index (χ1n) is 4.27. The second-order valence-corrected chi connectivity index (χ2v) is 2.85. The van der Waals surface area contributed by atoms with Gasteiger partial charge in [0.25, 0.3) is 0 Å². The van der Waals surface area contributed by atoms with Crippen LogP contribution in [0, 0.1) is 0 Å². The fraction of sp³-hybridized carbons (Fsp3) is 0.889. The molecule has 0 heterocycles. The Bertz CT molecular complexity index is 91.6. The molecule has 11 heavy (non-hydrogen) atoms. The second-order valence-electron chi connectivity index (χ2n) is 2.85. The average Bonchev–Trinajstić information content (AvgIpc) is 2.04. The summed E-state index contributed by atoms with van der Waals surface area (Å²) in [6, 6.07) is 0. The summed E-state index contributed by atoms with van der Waals surface area (Å²) < 4.78 is 5.09. The number of unbranched alkanes of at least 4 members (excludes halogenated alkanes) is 3. The maximum Gasteiger partial charge on any atom is 0.119 e. The largest absolute Gasteiger partial charge is 0.382 e. The Hall–Kier alpha value is -0.370. The number of carbonyl (C=O) groups is 1. The van der Waals surface area contributed by atoms with E-state index in [0.29, 0.717) is 12.5 Å². The van der Waals surface area contributed by atoms with Crippen LogP contribution in [0.3, 0.4) is 0 Å². The van der Waals surface area contributed by atoms with E-state index in [0.717, 1.165) is 25.5 Å². The van der Waals surface area contributed by atoms with E-state index in [-0.39, 0.29) is 0 Å². The zero-order valence-electron chi connectivity index (χ0n) is 7.51. The molecule has 0 amide bonds. The van der Waals surface area contributed by atoms with Gasteiger partial charge in [-0.2, -0.15) is 0 Å². The molecule has 0 spiro atoms. The first kappa shape index (κ1) is 10.6. The van der Waals surface area contributed by atoms with E-state index in [1.807, 2.05) is 0 Å². The lowest BCUT2D eigenvalue weighted by molar-refractivity contribution is -0.107. The van der Waals surface area contributed by atoms with E-state index in [9.17, 15) is 4.79 Å². The van der Waals surface area contributed by atoms with Crippen LogP contribution in [0.1, 0.15) is 39.0 Å². The fourth-order valence-electron chi connectivity index (χ4n) is 0.954. The minimum absolute atomic E-state index is 0.367. The number of aldehydes is 1. The molecule has 2 heteroatoms. The zero-order chi connectivity index (χ0) is 8.53. The predicted octanol–water partition coefficient (Wildman–Crippen LogP) is 2.17. The Morgan fingerprint density at radius 2 is 2.09 bits per heavy atom. The zero-order valence-corrected chi connectivity index (χ0v) is 7.51. The van der Waals surface area contributed by atoms with Crippen molar-refractivity contribution in [1.82, 2.24) is 0 Å². The Morgan fingerprint density at radius 1 is 1.36 bits per heavy atom. The van der Waals surface area contributed by atoms with Crippen LogP contribution in [-0.2, 0) is 9.53 Å². The fourth-order valence-corrected chi connectivity index (χ4v) is 0.954. The van der Waals surface area contributed by atoms with Gasteiger partial charge >= 0.3 is 0 Å². The molecule has 0 N–H and O–H groups in total. The highest BCUT2D eigenvalue weighted by Crippen LogP contribution is 2.06. The van der Waals surface area contributed by atoms with Crippen molar-refractivity contribution in [1.29, 1.82) is 0 Å². The Balaban J connectivity index is 2.95. The van der Waals surface area contributed by atoms with Crippen LogP contribution in [0.2, 0.25) is 0 Å². The molecule has 66 valence electrons. The van der Waals surface area contributed by atoms with Crippen molar-refractivity contribution in [3.8, 4) is 0 Å². The van der Waals surface area contributed by atoms with E-state index in [1.54, 1.807) is 7.11 Å². The summed E-state index contributed by atoms with van der Waals surface area (Å²) in [5.41, 5.74) is 0. The first-order valence-corrected chi connectivity index (χ1v) is 4.27. The lowest BCUT2D eigenvalue weighted by Crippen LogP contribution is -2.03. The average molecular weight is 158 g/mol. The van der Waals surface area contributed by atoms with Gasteiger partial charge in [-0.3, -0.25) is 0 Å². The molecule has 0 radical (unpaired) electrons. The Kier molecular flexibility index (Phi) is 7.47. The van der Waals surface area contributed by atoms with Crippen molar-refractivity contribution in [2.75, 3.05) is 7.11 Å². The highest BCUT2D eigenvalue weighted by molar-refractivity contribution is 5.48. The normalized spacial score (nSPS) is 12.9. The lowest BCUT2D eigenvalue weighted by atomic mass is 10.1. The second kappa shape index (κ2) is 7.73. The van der Waals surface area contributed by atoms with Crippen LogP contribution >= 0.6 is 0 Å². The minimum Gasteiger partial charge on any atom is -0.382 e. The topological polar surface area (TPSA) is 26.3 Å². The molecule has 1 unspecified atom stereocenters. The third-order valence-corrected chi connectivity index (χ3v) is 1.83. The summed E-state index contributed by atoms with van der Waals surface area (Å²) in [4.78, 5) is 9.93. The maximum absolute atomic E-state index is 9.93. The molecule has 2 nitrogen and oxygen atoms in total. The quantitative estimate of drug-likeness (QED) is 0.419. The molecule has 0 bridgehead atoms. The highest BCUT2D eigenvalue weighted by atomic mass is 16.5. The van der Waals surface area contributed by atoms with Crippen molar-refractivity contribution in [3.05, 3.63) is 0 Å². The molecular weight excluding hydrogens is 140 g/mol. The summed E-state index contributed by atoms with van der Waals surface area (Å²) in [5, 5.41) is 0. The SMILES string of the molecule is COC(C)CCCCCC=O. The molecule has 0 aliphatic heterocycles. The summed E-state index contributed by atoms with van der Waals surface area (Å²) >= 11 is 0. The minimum atomic E-state index is 0.367. The molecule has 0 aromatic carbocycles. The molecule has 0 rings (SSSR count). The van der Waals surface area contributed by atoms with Gasteiger partial charge in [-0.25, -0.2) is 0 Å². The maximum atomic E-state index is 9.93. The van der Waals surface area contributed by atoms with Gasteiger partial charge in [-0.15, -0.1) is 0 Å². The van der Waals surface area contributed by atoms with Crippen LogP contribution in [0.5, 0.6) is 0 Å². The predicted molar refractivity (Wildman–Crippen MR) is 45.6 cm³/mol. The number of hydrogen-bond acceptors (Lipinski definition) is 2. The van der Waals surface area contributed by atoms with E-state index in [4.69, 9.17) is 4.74 Å². The summed E-state index contributed by atoms with van der Waals surface area (Å²) in [5.74, 6) is 0. The van der Waals surface area contributed by atoms with Crippen molar-refractivity contribution in [2.45, 2.75) is 45.1 Å². The summed E-state index contributed by atoms with van der Waals surface area (Å²) in [6.45, 7) is 2.07. The van der Waals surface area contributed by atoms with Gasteiger partial charge in [-0.05, 0) is 19.8 Å². The third kappa shape index (κ3) is 7.53. The van der Waals surface area contributed by atoms with E-state index in [1.165, 1.54) is 6.42 Å². The van der Waals surface area contributed by atoms with Gasteiger partial charge in [0, 0.05) is 13.5 Å². The Labute approximate surface area is 68.9 Å². The monoisotopic (exact) mass is 158 g/mol. The summed E-state index contributed by atoms with van der Waals surface area (Å²) in [6.07, 6.45) is 6.51. The molecular formula is C9H18O2. The molecule has 0 aromatic rings. The van der Waals surface area contributed by atoms with Gasteiger partial charge in [-0.1, -0.05) is 12.8 Å². The van der Waals surface area contributed by atoms with Crippen molar-refractivity contribution in [2.24, 2.45) is 0 Å². The van der Waals surface area contributed by atoms with Crippen LogP contribution in [-0.4, -0.2) is 19.5 Å². The standard InChI is InChI=1S/C9H18O2/c1-9(11-2)7-5-3-4-6-8-10/h8-9H,3-7H2,1-2H3. The number of carbonyl (C=O) groups excluding carboxylic acids is 1. The molecule has 0 aliphatic carbocycles. The van der Waals surface area contributed by atoms with Gasteiger partial charge < -0.3 is 9.53 Å². The van der Waals surface area contributed by atoms with Crippen LogP contribution in [0.4, 0.5) is 0 Å². The van der Waals surface area contributed by atoms with E-state index >= 15 is 0 Å². The van der Waals surface area contributed by atoms with E-state index in [2.05, 4.69) is 6.92 Å². The molecule has 0 aromatic heterocycles. The molecule has 0 saturated heterocycles. The highest BCUT2D eigenvalue weighted by Gasteiger charge is 1.97. The molecule has 0 fully saturated rings. The molecule has 1 atom stereocenters. The van der Waals surface area contributed by atoms with Crippen molar-refractivity contribution in [3.63, 3.8) is 0 Å². The van der Waals surface area contributed by atoms with Crippen LogP contribution in [0.15, 0.2) is 0 Å². The number of rotatable bonds is 7. The van der Waals surface area contributed by atoms with Gasteiger partial charge in [0.15, 0.2) is 0 Å². The smallest absolute Gasteiger partial charge is 0.119 e. The number of ether oxygens (including phenoxy) is 1. The molecule has 0 saturated carbocycles. The van der Waals surface area contributed by atoms with Gasteiger partial charge in [0.1, 0.15) is 6.29 Å². The molecule has 0 aliphatic rings. The van der Waals surface area contributed by atoms with Gasteiger partial charge in [0.05, 0.1) is 6.10 Å². The Morgan fingerprint density at radius 3 is 2.64 bits per heavy atom. The van der Waals surface area contributed by atoms with Crippen molar-refractivity contribution >= 4 is 6.29 Å². The van der Waals surface area contributed by atoms with Gasteiger partial charge in [0.2, 0.25) is 0 Å². The number of hydrogen-bond donors (Lipinski definition) is 0. The summed E-state index contributed by atoms with van der Waals surface area (Å²) in [7, 11) is 1.73. The first-order chi connectivity index (χ1) is 5.31. The third-order valence-electron chi connectivity index (χ3n) is 1.83. The van der Waals surface area contributed by atoms with Crippen LogP contribution in [0.25, 0.3) is 0 Å². The number of methoxy groups -OCH3 is 1. The van der Waals surface area contributed by atoms with Crippen LogP contribution < -0.4 is 0 Å². The van der Waals surface area contributed by atoms with E-state index < -0.39 is 0 Å². The van der Waals surface area contributed by atoms with Crippen molar-refractivity contribution < 1.29 is 9.53 Å².